The second kappa shape index (κ2) is 11.4. The lowest BCUT2D eigenvalue weighted by Gasteiger charge is -2.26. The van der Waals surface area contributed by atoms with E-state index in [9.17, 15) is 14.4 Å². The minimum atomic E-state index is -0.929. The maximum atomic E-state index is 13.5. The van der Waals surface area contributed by atoms with Crippen molar-refractivity contribution in [3.63, 3.8) is 0 Å². The molecule has 2 heterocycles. The van der Waals surface area contributed by atoms with Gasteiger partial charge in [0.2, 0.25) is 0 Å². The molecule has 2 aromatic carbocycles. The summed E-state index contributed by atoms with van der Waals surface area (Å²) >= 11 is 1.09. The third kappa shape index (κ3) is 4.95. The maximum Gasteiger partial charge on any atom is 0.338 e. The Morgan fingerprint density at radius 1 is 0.895 bits per heavy atom. The minimum absolute atomic E-state index is 0.0305. The number of esters is 2. The van der Waals surface area contributed by atoms with Crippen molar-refractivity contribution in [2.24, 2.45) is 5.73 Å². The van der Waals surface area contributed by atoms with E-state index in [4.69, 9.17) is 24.7 Å². The molecule has 0 unspecified atom stereocenters. The SMILES string of the molecule is CCOc1ccc(/C=c2\sc3n(c2=O)C(N)=C(C(=O)OC)[C@@H](c2ccc(OCC)cc2)C=3C(=O)OC)cc1. The molecule has 3 aromatic rings. The highest BCUT2D eigenvalue weighted by Crippen LogP contribution is 2.38. The number of methoxy groups -OCH3 is 2. The zero-order valence-corrected chi connectivity index (χ0v) is 22.3. The van der Waals surface area contributed by atoms with E-state index in [1.807, 2.05) is 26.0 Å². The van der Waals surface area contributed by atoms with E-state index < -0.39 is 23.4 Å². The summed E-state index contributed by atoms with van der Waals surface area (Å²) in [4.78, 5) is 39.7. The van der Waals surface area contributed by atoms with Gasteiger partial charge in [-0.15, -0.1) is 11.3 Å². The second-order valence-electron chi connectivity index (χ2n) is 8.19. The first kappa shape index (κ1) is 26.7. The smallest absolute Gasteiger partial charge is 0.338 e. The van der Waals surface area contributed by atoms with Crippen LogP contribution in [0.5, 0.6) is 11.5 Å². The van der Waals surface area contributed by atoms with Crippen molar-refractivity contribution in [2.75, 3.05) is 27.4 Å². The number of fused-ring (bicyclic) bond motifs is 1. The van der Waals surface area contributed by atoms with Crippen LogP contribution in [0.4, 0.5) is 0 Å². The van der Waals surface area contributed by atoms with E-state index in [2.05, 4.69) is 0 Å². The van der Waals surface area contributed by atoms with Crippen molar-refractivity contribution in [3.05, 3.63) is 84.8 Å². The first-order valence-corrected chi connectivity index (χ1v) is 12.8. The van der Waals surface area contributed by atoms with Crippen molar-refractivity contribution in [1.82, 2.24) is 4.57 Å². The van der Waals surface area contributed by atoms with Crippen LogP contribution in [0.1, 0.15) is 30.9 Å². The van der Waals surface area contributed by atoms with Crippen molar-refractivity contribution in [3.8, 4) is 11.5 Å². The normalized spacial score (nSPS) is 15.2. The summed E-state index contributed by atoms with van der Waals surface area (Å²) in [6.45, 7) is 4.79. The molecule has 0 spiro atoms. The Kier molecular flexibility index (Phi) is 8.02. The topological polar surface area (TPSA) is 119 Å². The van der Waals surface area contributed by atoms with Crippen LogP contribution in [-0.4, -0.2) is 43.9 Å². The molecule has 1 aromatic heterocycles. The largest absolute Gasteiger partial charge is 0.494 e. The summed E-state index contributed by atoms with van der Waals surface area (Å²) in [6.07, 6.45) is 1.69. The molecule has 38 heavy (non-hydrogen) atoms. The molecule has 198 valence electrons. The molecule has 1 atom stereocenters. The number of nitrogens with two attached hydrogens (primary N) is 1. The number of hydrogen-bond donors (Lipinski definition) is 1. The van der Waals surface area contributed by atoms with Gasteiger partial charge in [-0.05, 0) is 55.3 Å². The van der Waals surface area contributed by atoms with E-state index in [1.165, 1.54) is 18.8 Å². The quantitative estimate of drug-likeness (QED) is 0.434. The van der Waals surface area contributed by atoms with Gasteiger partial charge in [-0.25, -0.2) is 9.59 Å². The van der Waals surface area contributed by atoms with E-state index in [-0.39, 0.29) is 21.6 Å². The van der Waals surface area contributed by atoms with Gasteiger partial charge in [0.15, 0.2) is 0 Å². The number of hydrogen-bond acceptors (Lipinski definition) is 9. The first-order chi connectivity index (χ1) is 18.3. The first-order valence-electron chi connectivity index (χ1n) is 11.9. The van der Waals surface area contributed by atoms with Gasteiger partial charge in [-0.3, -0.25) is 9.36 Å². The van der Waals surface area contributed by atoms with Gasteiger partial charge in [0.05, 0.1) is 49.0 Å². The lowest BCUT2D eigenvalue weighted by atomic mass is 9.83. The van der Waals surface area contributed by atoms with Gasteiger partial charge >= 0.3 is 11.9 Å². The molecule has 0 saturated carbocycles. The average Bonchev–Trinajstić information content (AvgIpc) is 3.25. The lowest BCUT2D eigenvalue weighted by Crippen LogP contribution is -2.41. The van der Waals surface area contributed by atoms with E-state index in [0.717, 1.165) is 16.9 Å². The van der Waals surface area contributed by atoms with Gasteiger partial charge in [0, 0.05) is 0 Å². The Morgan fingerprint density at radius 3 is 1.95 bits per heavy atom. The van der Waals surface area contributed by atoms with Crippen LogP contribution in [0.3, 0.4) is 0 Å². The molecule has 1 aliphatic rings. The van der Waals surface area contributed by atoms with Crippen molar-refractivity contribution in [1.29, 1.82) is 0 Å². The molecular formula is C28H28N2O7S. The predicted molar refractivity (Wildman–Crippen MR) is 144 cm³/mol. The number of carbonyl (C=O) groups excluding carboxylic acids is 2. The summed E-state index contributed by atoms with van der Waals surface area (Å²) in [6, 6.07) is 14.2. The molecule has 4 rings (SSSR count). The van der Waals surface area contributed by atoms with Gasteiger partial charge in [-0.1, -0.05) is 24.3 Å². The Bertz CT molecular complexity index is 1570. The summed E-state index contributed by atoms with van der Waals surface area (Å²) < 4.78 is 22.9. The molecule has 0 aliphatic carbocycles. The van der Waals surface area contributed by atoms with Gasteiger partial charge < -0.3 is 24.7 Å². The standard InChI is InChI=1S/C28H28N2O7S/c1-5-36-18-11-7-16(8-12-18)15-20-25(31)30-24(29)22(27(32)34-3)21(23(26(30)38-20)28(33)35-4)17-9-13-19(14-10-17)37-6-2/h7-15,21H,5-6,29H2,1-4H3/b20-15-/t21-/m1/s1. The van der Waals surface area contributed by atoms with E-state index in [1.54, 1.807) is 42.5 Å². The molecular weight excluding hydrogens is 508 g/mol. The molecule has 0 bridgehead atoms. The molecule has 0 amide bonds. The van der Waals surface area contributed by atoms with Gasteiger partial charge in [0.25, 0.3) is 5.56 Å². The van der Waals surface area contributed by atoms with Crippen molar-refractivity contribution < 1.29 is 28.5 Å². The van der Waals surface area contributed by atoms with Crippen LogP contribution in [0.15, 0.2) is 58.9 Å². The molecule has 0 radical (unpaired) electrons. The Labute approximate surface area is 223 Å². The highest BCUT2D eigenvalue weighted by molar-refractivity contribution is 7.07. The van der Waals surface area contributed by atoms with Crippen LogP contribution in [0.25, 0.3) is 17.5 Å². The highest BCUT2D eigenvalue weighted by Gasteiger charge is 2.39. The fourth-order valence-electron chi connectivity index (χ4n) is 4.30. The lowest BCUT2D eigenvalue weighted by molar-refractivity contribution is -0.136. The molecule has 0 fully saturated rings. The molecule has 1 aliphatic heterocycles. The van der Waals surface area contributed by atoms with Gasteiger partial charge in [0.1, 0.15) is 22.0 Å². The van der Waals surface area contributed by atoms with Crippen molar-refractivity contribution in [2.45, 2.75) is 19.8 Å². The average molecular weight is 537 g/mol. The van der Waals surface area contributed by atoms with Crippen LogP contribution >= 0.6 is 11.3 Å². The zero-order valence-electron chi connectivity index (χ0n) is 21.5. The Morgan fingerprint density at radius 2 is 1.42 bits per heavy atom. The third-order valence-corrected chi connectivity index (χ3v) is 7.08. The monoisotopic (exact) mass is 536 g/mol. The molecule has 0 saturated heterocycles. The number of rotatable bonds is 8. The number of nitrogens with zero attached hydrogens (tertiary/aromatic N) is 1. The van der Waals surface area contributed by atoms with E-state index >= 15 is 0 Å². The van der Waals surface area contributed by atoms with Crippen LogP contribution < -0.4 is 30.0 Å². The number of carbonyl (C=O) groups is 2. The van der Waals surface area contributed by atoms with Crippen molar-refractivity contribution >= 4 is 40.7 Å². The number of benzene rings is 2. The van der Waals surface area contributed by atoms with E-state index in [0.29, 0.717) is 34.8 Å². The summed E-state index contributed by atoms with van der Waals surface area (Å²) in [5.74, 6) is -1.15. The summed E-state index contributed by atoms with van der Waals surface area (Å²) in [7, 11) is 2.46. The Hall–Kier alpha value is -4.31. The van der Waals surface area contributed by atoms with Gasteiger partial charge in [-0.2, -0.15) is 0 Å². The van der Waals surface area contributed by atoms with Crippen LogP contribution in [-0.2, 0) is 19.1 Å². The zero-order chi connectivity index (χ0) is 27.4. The minimum Gasteiger partial charge on any atom is -0.494 e. The number of ether oxygens (including phenoxy) is 4. The Balaban J connectivity index is 2.00. The van der Waals surface area contributed by atoms with Crippen LogP contribution in [0, 0.1) is 0 Å². The highest BCUT2D eigenvalue weighted by atomic mass is 32.1. The predicted octanol–water partition coefficient (Wildman–Crippen LogP) is 1.96. The summed E-state index contributed by atoms with van der Waals surface area (Å²) in [5.41, 5.74) is 7.41. The molecule has 10 heteroatoms. The second-order valence-corrected chi connectivity index (χ2v) is 9.22. The summed E-state index contributed by atoms with van der Waals surface area (Å²) in [5, 5.41) is 0. The maximum absolute atomic E-state index is 13.5. The molecule has 9 nitrogen and oxygen atoms in total. The number of aromatic nitrogens is 1. The molecule has 2 N–H and O–H groups in total. The van der Waals surface area contributed by atoms with Crippen LogP contribution in [0.2, 0.25) is 0 Å². The fraction of sp³-hybridized carbons (Fsp3) is 0.250. The number of thiazole rings is 1. The fourth-order valence-corrected chi connectivity index (χ4v) is 5.47. The third-order valence-electron chi connectivity index (χ3n) is 5.97.